The number of fused-ring (bicyclic) bond motifs is 3. The number of benzene rings is 2. The average molecular weight is 747 g/mol. The van der Waals surface area contributed by atoms with Crippen molar-refractivity contribution in [3.05, 3.63) is 69.9 Å². The number of para-hydroxylation sites is 1. The molecule has 5 aliphatic rings. The molecule has 55 heavy (non-hydrogen) atoms. The van der Waals surface area contributed by atoms with Crippen molar-refractivity contribution in [2.45, 2.75) is 44.6 Å². The van der Waals surface area contributed by atoms with E-state index in [2.05, 4.69) is 29.9 Å². The summed E-state index contributed by atoms with van der Waals surface area (Å²) in [4.78, 5) is 78.7. The standard InChI is InChI=1S/C41H46N8O6/c42-38-32(22-34-36(44-38)37(51)29-3-1-2-4-33(29)55-34)48-19-17-46(18-20-48)24-25-9-13-45(14-10-25)23-26-11-15-47(16-12-26)27-5-6-28-30(21-27)41(54)49(40(28)53)31-7-8-35(50)43-39(31)52/h1-6,21-22,25-26,31H,7-20,23-24H2,(H2,42,44)(H,43,50,52). The van der Waals surface area contributed by atoms with Crippen LogP contribution < -0.4 is 26.3 Å². The van der Waals surface area contributed by atoms with E-state index in [1.807, 2.05) is 24.3 Å². The number of pyridine rings is 1. The van der Waals surface area contributed by atoms with E-state index in [4.69, 9.17) is 10.2 Å². The molecule has 14 heteroatoms. The Morgan fingerprint density at radius 3 is 2.11 bits per heavy atom. The molecule has 1 atom stereocenters. The minimum Gasteiger partial charge on any atom is -0.454 e. The van der Waals surface area contributed by atoms with Gasteiger partial charge in [0.1, 0.15) is 17.4 Å². The maximum Gasteiger partial charge on any atom is 0.262 e. The summed E-state index contributed by atoms with van der Waals surface area (Å²) in [6.07, 6.45) is 4.78. The number of amides is 4. The highest BCUT2D eigenvalue weighted by molar-refractivity contribution is 6.23. The summed E-state index contributed by atoms with van der Waals surface area (Å²) >= 11 is 0. The van der Waals surface area contributed by atoms with Crippen molar-refractivity contribution in [2.75, 3.05) is 81.0 Å². The highest BCUT2D eigenvalue weighted by atomic mass is 16.3. The van der Waals surface area contributed by atoms with Crippen molar-refractivity contribution < 1.29 is 23.6 Å². The van der Waals surface area contributed by atoms with Crippen LogP contribution >= 0.6 is 0 Å². The van der Waals surface area contributed by atoms with Gasteiger partial charge in [0.2, 0.25) is 17.2 Å². The van der Waals surface area contributed by atoms with Gasteiger partial charge in [-0.3, -0.25) is 39.1 Å². The average Bonchev–Trinajstić information content (AvgIpc) is 3.44. The van der Waals surface area contributed by atoms with Gasteiger partial charge in [0.05, 0.1) is 22.2 Å². The number of carbonyl (C=O) groups excluding carboxylic acids is 4. The van der Waals surface area contributed by atoms with Crippen molar-refractivity contribution in [1.82, 2.24) is 25.0 Å². The molecule has 1 unspecified atom stereocenters. The molecule has 0 spiro atoms. The van der Waals surface area contributed by atoms with Crippen LogP contribution in [0.2, 0.25) is 0 Å². The molecule has 3 N–H and O–H groups in total. The van der Waals surface area contributed by atoms with E-state index < -0.39 is 23.8 Å². The van der Waals surface area contributed by atoms with E-state index in [1.165, 1.54) is 12.8 Å². The zero-order valence-corrected chi connectivity index (χ0v) is 30.9. The highest BCUT2D eigenvalue weighted by Crippen LogP contribution is 2.33. The summed E-state index contributed by atoms with van der Waals surface area (Å²) in [6.45, 7) is 9.80. The highest BCUT2D eigenvalue weighted by Gasteiger charge is 2.45. The second-order valence-electron chi connectivity index (χ2n) is 15.8. The molecule has 7 heterocycles. The zero-order chi connectivity index (χ0) is 37.8. The second kappa shape index (κ2) is 14.4. The largest absolute Gasteiger partial charge is 0.454 e. The van der Waals surface area contributed by atoms with Gasteiger partial charge in [0.15, 0.2) is 11.1 Å². The van der Waals surface area contributed by atoms with Gasteiger partial charge < -0.3 is 24.9 Å². The Morgan fingerprint density at radius 1 is 0.709 bits per heavy atom. The van der Waals surface area contributed by atoms with Crippen LogP contribution in [-0.4, -0.2) is 115 Å². The molecule has 0 aliphatic carbocycles. The van der Waals surface area contributed by atoms with Crippen LogP contribution in [0.3, 0.4) is 0 Å². The quantitative estimate of drug-likeness (QED) is 0.210. The lowest BCUT2D eigenvalue weighted by molar-refractivity contribution is -0.136. The summed E-state index contributed by atoms with van der Waals surface area (Å²) in [5, 5.41) is 2.76. The maximum absolute atomic E-state index is 13.3. The number of nitrogens with one attached hydrogen (secondary N) is 1. The van der Waals surface area contributed by atoms with Gasteiger partial charge >= 0.3 is 0 Å². The minimum absolute atomic E-state index is 0.103. The molecular weight excluding hydrogens is 701 g/mol. The fourth-order valence-electron chi connectivity index (χ4n) is 9.26. The van der Waals surface area contributed by atoms with Crippen LogP contribution in [0.1, 0.15) is 59.2 Å². The molecule has 9 rings (SSSR count). The van der Waals surface area contributed by atoms with Crippen LogP contribution in [0.4, 0.5) is 17.2 Å². The van der Waals surface area contributed by atoms with E-state index in [0.717, 1.165) is 94.6 Å². The zero-order valence-electron chi connectivity index (χ0n) is 30.9. The van der Waals surface area contributed by atoms with Crippen molar-refractivity contribution in [2.24, 2.45) is 11.8 Å². The first-order valence-corrected chi connectivity index (χ1v) is 19.6. The monoisotopic (exact) mass is 746 g/mol. The number of carbonyl (C=O) groups is 4. The Kier molecular flexibility index (Phi) is 9.25. The fourth-order valence-corrected chi connectivity index (χ4v) is 9.26. The normalized spacial score (nSPS) is 22.3. The van der Waals surface area contributed by atoms with Crippen LogP contribution in [0, 0.1) is 11.8 Å². The number of nitrogen functional groups attached to an aromatic ring is 1. The minimum atomic E-state index is -0.958. The number of piperidine rings is 3. The van der Waals surface area contributed by atoms with Crippen LogP contribution in [-0.2, 0) is 9.59 Å². The molecule has 0 saturated carbocycles. The van der Waals surface area contributed by atoms with E-state index in [9.17, 15) is 24.0 Å². The fraction of sp³-hybridized carbons (Fsp3) is 0.463. The number of aromatic nitrogens is 1. The third kappa shape index (κ3) is 6.71. The van der Waals surface area contributed by atoms with Gasteiger partial charge in [-0.1, -0.05) is 12.1 Å². The number of anilines is 3. The van der Waals surface area contributed by atoms with Crippen molar-refractivity contribution >= 4 is 62.9 Å². The van der Waals surface area contributed by atoms with Crippen LogP contribution in [0.15, 0.2) is 57.7 Å². The van der Waals surface area contributed by atoms with Crippen molar-refractivity contribution in [1.29, 1.82) is 0 Å². The summed E-state index contributed by atoms with van der Waals surface area (Å²) in [5.41, 5.74) is 9.90. The van der Waals surface area contributed by atoms with Gasteiger partial charge in [-0.05, 0) is 87.4 Å². The lowest BCUT2D eigenvalue weighted by Crippen LogP contribution is -2.54. The molecule has 0 radical (unpaired) electrons. The Bertz CT molecular complexity index is 2250. The number of imide groups is 2. The number of rotatable bonds is 7. The first-order valence-electron chi connectivity index (χ1n) is 19.6. The van der Waals surface area contributed by atoms with E-state index in [-0.39, 0.29) is 29.7 Å². The summed E-state index contributed by atoms with van der Waals surface area (Å²) in [6, 6.07) is 13.5. The predicted molar refractivity (Wildman–Crippen MR) is 208 cm³/mol. The maximum atomic E-state index is 13.3. The molecule has 14 nitrogen and oxygen atoms in total. The second-order valence-corrected chi connectivity index (χ2v) is 15.8. The molecule has 4 saturated heterocycles. The first kappa shape index (κ1) is 35.4. The number of likely N-dealkylation sites (tertiary alicyclic amines) is 1. The third-order valence-electron chi connectivity index (χ3n) is 12.4. The summed E-state index contributed by atoms with van der Waals surface area (Å²) in [7, 11) is 0. The Morgan fingerprint density at radius 2 is 1.38 bits per heavy atom. The molecule has 4 aromatic rings. The van der Waals surface area contributed by atoms with E-state index in [0.29, 0.717) is 45.3 Å². The van der Waals surface area contributed by atoms with Gasteiger partial charge in [0.25, 0.3) is 11.8 Å². The molecule has 286 valence electrons. The molecule has 0 bridgehead atoms. The van der Waals surface area contributed by atoms with Crippen LogP contribution in [0.25, 0.3) is 22.1 Å². The predicted octanol–water partition coefficient (Wildman–Crippen LogP) is 3.08. The topological polar surface area (TPSA) is 166 Å². The number of hydrogen-bond acceptors (Lipinski definition) is 12. The smallest absolute Gasteiger partial charge is 0.262 e. The first-order chi connectivity index (χ1) is 26.7. The Hall–Kier alpha value is -5.34. The van der Waals surface area contributed by atoms with E-state index in [1.54, 1.807) is 24.3 Å². The lowest BCUT2D eigenvalue weighted by atomic mass is 9.92. The van der Waals surface area contributed by atoms with Crippen molar-refractivity contribution in [3.63, 3.8) is 0 Å². The third-order valence-corrected chi connectivity index (χ3v) is 12.4. The Labute approximate surface area is 318 Å². The molecule has 5 aliphatic heterocycles. The SMILES string of the molecule is Nc1nc2c(=O)c3ccccc3oc2cc1N1CCN(CC2CCN(CC3CCN(c4ccc5c(c4)C(=O)N(C4CCC(=O)NC4=O)C5=O)CC3)CC2)CC1. The molecule has 4 fully saturated rings. The molecule has 2 aromatic carbocycles. The summed E-state index contributed by atoms with van der Waals surface area (Å²) in [5.74, 6) is -0.259. The van der Waals surface area contributed by atoms with Gasteiger partial charge in [0, 0.05) is 70.5 Å². The summed E-state index contributed by atoms with van der Waals surface area (Å²) < 4.78 is 6.06. The number of piperazine rings is 1. The molecule has 2 aromatic heterocycles. The lowest BCUT2D eigenvalue weighted by Gasteiger charge is -2.41. The molecule has 4 amide bonds. The van der Waals surface area contributed by atoms with Crippen LogP contribution in [0.5, 0.6) is 0 Å². The molecular formula is C41H46N8O6. The van der Waals surface area contributed by atoms with Gasteiger partial charge in [-0.15, -0.1) is 0 Å². The van der Waals surface area contributed by atoms with Gasteiger partial charge in [-0.25, -0.2) is 4.98 Å². The number of nitrogens with zero attached hydrogens (tertiary/aromatic N) is 6. The number of nitrogens with two attached hydrogens (primary N) is 1. The van der Waals surface area contributed by atoms with Gasteiger partial charge in [-0.2, -0.15) is 0 Å². The Balaban J connectivity index is 0.726. The van der Waals surface area contributed by atoms with Crippen molar-refractivity contribution in [3.8, 4) is 0 Å². The number of hydrogen-bond donors (Lipinski definition) is 2. The van der Waals surface area contributed by atoms with E-state index >= 15 is 0 Å².